The first kappa shape index (κ1) is 12.9. The second-order valence-corrected chi connectivity index (χ2v) is 3.30. The number of hydrogen-bond donors (Lipinski definition) is 4. The van der Waals surface area contributed by atoms with Crippen LogP contribution in [0.1, 0.15) is 17.3 Å². The average molecular weight is 237 g/mol. The van der Waals surface area contributed by atoms with E-state index in [0.717, 1.165) is 0 Å². The molecule has 92 valence electrons. The molecule has 0 aliphatic carbocycles. The number of anilines is 1. The van der Waals surface area contributed by atoms with Crippen molar-refractivity contribution in [1.82, 2.24) is 15.6 Å². The number of nitrogens with zero attached hydrogens (tertiary/aromatic N) is 1. The van der Waals surface area contributed by atoms with Crippen LogP contribution in [0.4, 0.5) is 5.69 Å². The zero-order chi connectivity index (χ0) is 12.7. The van der Waals surface area contributed by atoms with Crippen LogP contribution in [0.2, 0.25) is 0 Å². The Labute approximate surface area is 98.8 Å². The first-order valence-corrected chi connectivity index (χ1v) is 5.08. The summed E-state index contributed by atoms with van der Waals surface area (Å²) in [7, 11) is 0. The third kappa shape index (κ3) is 4.07. The summed E-state index contributed by atoms with van der Waals surface area (Å²) in [4.78, 5) is 26.2. The maximum absolute atomic E-state index is 11.7. The lowest BCUT2D eigenvalue weighted by Crippen LogP contribution is -2.34. The van der Waals surface area contributed by atoms with E-state index in [4.69, 9.17) is 5.84 Å². The fourth-order valence-corrected chi connectivity index (χ4v) is 1.22. The summed E-state index contributed by atoms with van der Waals surface area (Å²) in [5, 5.41) is 5.23. The van der Waals surface area contributed by atoms with Crippen molar-refractivity contribution in [3.63, 3.8) is 0 Å². The Morgan fingerprint density at radius 2 is 2.06 bits per heavy atom. The Morgan fingerprint density at radius 1 is 1.35 bits per heavy atom. The molecule has 0 fully saturated rings. The van der Waals surface area contributed by atoms with Gasteiger partial charge in [-0.25, -0.2) is 0 Å². The zero-order valence-electron chi connectivity index (χ0n) is 9.49. The maximum atomic E-state index is 11.7. The van der Waals surface area contributed by atoms with Gasteiger partial charge in [0.05, 0.1) is 17.4 Å². The van der Waals surface area contributed by atoms with Crippen LogP contribution in [0.5, 0.6) is 0 Å². The lowest BCUT2D eigenvalue weighted by molar-refractivity contribution is -0.118. The van der Waals surface area contributed by atoms with Crippen molar-refractivity contribution in [2.75, 3.05) is 18.5 Å². The van der Waals surface area contributed by atoms with Crippen molar-refractivity contribution in [2.45, 2.75) is 6.92 Å². The molecular formula is C10H15N5O2. The van der Waals surface area contributed by atoms with E-state index >= 15 is 0 Å². The van der Waals surface area contributed by atoms with Crippen LogP contribution in [0.3, 0.4) is 0 Å². The maximum Gasteiger partial charge on any atom is 0.253 e. The smallest absolute Gasteiger partial charge is 0.253 e. The molecule has 0 aromatic carbocycles. The molecule has 0 bridgehead atoms. The largest absolute Gasteiger partial charge is 0.355 e. The van der Waals surface area contributed by atoms with E-state index in [1.54, 1.807) is 6.07 Å². The van der Waals surface area contributed by atoms with E-state index in [1.165, 1.54) is 19.3 Å². The molecule has 7 heteroatoms. The zero-order valence-corrected chi connectivity index (χ0v) is 9.49. The van der Waals surface area contributed by atoms with Gasteiger partial charge in [-0.2, -0.15) is 0 Å². The van der Waals surface area contributed by atoms with Crippen LogP contribution in [0.25, 0.3) is 0 Å². The summed E-state index contributed by atoms with van der Waals surface area (Å²) in [5.41, 5.74) is 3.25. The van der Waals surface area contributed by atoms with Crippen LogP contribution in [0, 0.1) is 0 Å². The van der Waals surface area contributed by atoms with Crippen molar-refractivity contribution in [3.05, 3.63) is 24.0 Å². The molecule has 0 aliphatic rings. The fraction of sp³-hybridized carbons (Fsp3) is 0.300. The van der Waals surface area contributed by atoms with Gasteiger partial charge in [0.1, 0.15) is 0 Å². The van der Waals surface area contributed by atoms with Gasteiger partial charge in [-0.05, 0) is 6.07 Å². The van der Waals surface area contributed by atoms with E-state index in [0.29, 0.717) is 24.3 Å². The van der Waals surface area contributed by atoms with Crippen molar-refractivity contribution in [2.24, 2.45) is 5.84 Å². The van der Waals surface area contributed by atoms with Crippen LogP contribution in [0.15, 0.2) is 18.5 Å². The second-order valence-electron chi connectivity index (χ2n) is 3.30. The van der Waals surface area contributed by atoms with Crippen LogP contribution >= 0.6 is 0 Å². The molecule has 0 aliphatic heterocycles. The quantitative estimate of drug-likeness (QED) is 0.305. The highest BCUT2D eigenvalue weighted by atomic mass is 16.2. The molecule has 5 N–H and O–H groups in total. The van der Waals surface area contributed by atoms with E-state index in [1.807, 2.05) is 0 Å². The first-order chi connectivity index (χ1) is 8.15. The van der Waals surface area contributed by atoms with E-state index < -0.39 is 0 Å². The number of carbonyl (C=O) groups excluding carboxylic acids is 2. The number of pyridine rings is 1. The molecule has 7 nitrogen and oxygen atoms in total. The molecule has 0 atom stereocenters. The number of rotatable bonds is 5. The van der Waals surface area contributed by atoms with Crippen molar-refractivity contribution >= 4 is 17.5 Å². The Kier molecular flexibility index (Phi) is 4.89. The summed E-state index contributed by atoms with van der Waals surface area (Å²) in [6, 6.07) is 1.56. The molecule has 0 spiro atoms. The second kappa shape index (κ2) is 6.44. The molecule has 0 saturated heterocycles. The number of aromatic nitrogens is 1. The van der Waals surface area contributed by atoms with Gasteiger partial charge in [0.25, 0.3) is 5.91 Å². The predicted octanol–water partition coefficient (Wildman–Crippen LogP) is -0.767. The summed E-state index contributed by atoms with van der Waals surface area (Å²) in [6.07, 6.45) is 2.96. The van der Waals surface area contributed by atoms with E-state index in [9.17, 15) is 9.59 Å². The molecule has 1 rings (SSSR count). The Morgan fingerprint density at radius 3 is 2.71 bits per heavy atom. The Balaban J connectivity index is 2.49. The minimum absolute atomic E-state index is 0.132. The molecule has 1 heterocycles. The van der Waals surface area contributed by atoms with Gasteiger partial charge >= 0.3 is 0 Å². The van der Waals surface area contributed by atoms with Crippen LogP contribution in [-0.4, -0.2) is 29.9 Å². The Bertz CT molecular complexity index is 407. The monoisotopic (exact) mass is 237 g/mol. The predicted molar refractivity (Wildman–Crippen MR) is 63.1 cm³/mol. The standard InChI is InChI=1S/C10H15N5O2/c1-7(16)13-4-5-14-10(17)8-2-3-12-6-9(8)15-11/h2-3,6,15H,4-5,11H2,1H3,(H,13,16)(H,14,17). The number of nitrogens with two attached hydrogens (primary N) is 1. The number of carbonyl (C=O) groups is 2. The lowest BCUT2D eigenvalue weighted by atomic mass is 10.2. The summed E-state index contributed by atoms with van der Waals surface area (Å²) in [6.45, 7) is 2.16. The number of nitrogens with one attached hydrogen (secondary N) is 3. The van der Waals surface area contributed by atoms with Crippen LogP contribution in [-0.2, 0) is 4.79 Å². The number of amides is 2. The third-order valence-electron chi connectivity index (χ3n) is 2.01. The van der Waals surface area contributed by atoms with Gasteiger partial charge in [-0.15, -0.1) is 0 Å². The van der Waals surface area contributed by atoms with Crippen LogP contribution < -0.4 is 21.9 Å². The van der Waals surface area contributed by atoms with Gasteiger partial charge < -0.3 is 16.1 Å². The summed E-state index contributed by atoms with van der Waals surface area (Å²) >= 11 is 0. The van der Waals surface area contributed by atoms with Gasteiger partial charge in [-0.1, -0.05) is 0 Å². The van der Waals surface area contributed by atoms with E-state index in [-0.39, 0.29) is 11.8 Å². The molecule has 0 radical (unpaired) electrons. The minimum atomic E-state index is -0.272. The van der Waals surface area contributed by atoms with Crippen molar-refractivity contribution in [3.8, 4) is 0 Å². The highest BCUT2D eigenvalue weighted by molar-refractivity contribution is 5.99. The highest BCUT2D eigenvalue weighted by Crippen LogP contribution is 2.10. The van der Waals surface area contributed by atoms with Gasteiger partial charge in [0, 0.05) is 26.2 Å². The van der Waals surface area contributed by atoms with Gasteiger partial charge in [0.15, 0.2) is 0 Å². The number of hydrazine groups is 1. The summed E-state index contributed by atoms with van der Waals surface area (Å²) in [5.74, 6) is 4.85. The molecule has 0 unspecified atom stereocenters. The molecule has 17 heavy (non-hydrogen) atoms. The lowest BCUT2D eigenvalue weighted by Gasteiger charge is -2.09. The van der Waals surface area contributed by atoms with Crippen molar-refractivity contribution < 1.29 is 9.59 Å². The fourth-order valence-electron chi connectivity index (χ4n) is 1.22. The number of nitrogen functional groups attached to an aromatic ring is 1. The third-order valence-corrected chi connectivity index (χ3v) is 2.01. The molecular weight excluding hydrogens is 222 g/mol. The summed E-state index contributed by atoms with van der Waals surface area (Å²) < 4.78 is 0. The highest BCUT2D eigenvalue weighted by Gasteiger charge is 2.09. The topological polar surface area (TPSA) is 109 Å². The molecule has 1 aromatic heterocycles. The normalized spacial score (nSPS) is 9.53. The van der Waals surface area contributed by atoms with E-state index in [2.05, 4.69) is 21.0 Å². The minimum Gasteiger partial charge on any atom is -0.355 e. The molecule has 0 saturated carbocycles. The Hall–Kier alpha value is -2.15. The van der Waals surface area contributed by atoms with Gasteiger partial charge in [0.2, 0.25) is 5.91 Å². The first-order valence-electron chi connectivity index (χ1n) is 5.08. The molecule has 1 aromatic rings. The van der Waals surface area contributed by atoms with Gasteiger partial charge in [-0.3, -0.25) is 20.4 Å². The van der Waals surface area contributed by atoms with Crippen molar-refractivity contribution in [1.29, 1.82) is 0 Å². The SMILES string of the molecule is CC(=O)NCCNC(=O)c1ccncc1NN. The number of hydrogen-bond acceptors (Lipinski definition) is 5. The average Bonchev–Trinajstić information content (AvgIpc) is 2.34. The molecule has 2 amide bonds.